The van der Waals surface area contributed by atoms with Crippen LogP contribution in [-0.2, 0) is 37.8 Å². The zero-order valence-corrected chi connectivity index (χ0v) is 27.5. The Bertz CT molecular complexity index is 1520. The van der Waals surface area contributed by atoms with Gasteiger partial charge in [-0.1, -0.05) is 33.1 Å². The van der Waals surface area contributed by atoms with E-state index < -0.39 is 0 Å². The maximum Gasteiger partial charge on any atom is 0.270 e. The minimum atomic E-state index is 0.0193. The van der Waals surface area contributed by atoms with Crippen LogP contribution in [0, 0.1) is 5.92 Å². The lowest BCUT2D eigenvalue weighted by molar-refractivity contribution is -0.139. The van der Waals surface area contributed by atoms with E-state index in [-0.39, 0.29) is 17.8 Å². The molecular weight excluding hydrogens is 582 g/mol. The molecule has 3 aromatic rings. The first-order valence-corrected chi connectivity index (χ1v) is 16.8. The average Bonchev–Trinajstić information content (AvgIpc) is 3.45. The number of anilines is 4. The molecule has 0 spiro atoms. The molecule has 1 saturated carbocycles. The number of nitrogens with zero attached hydrogens (tertiary/aromatic N) is 7. The van der Waals surface area contributed by atoms with E-state index in [0.29, 0.717) is 37.2 Å². The average molecular weight is 632 g/mol. The van der Waals surface area contributed by atoms with Gasteiger partial charge in [-0.05, 0) is 44.2 Å². The second-order valence-electron chi connectivity index (χ2n) is 12.4. The molecule has 1 fully saturated rings. The van der Waals surface area contributed by atoms with Gasteiger partial charge in [0.1, 0.15) is 17.3 Å². The van der Waals surface area contributed by atoms with Crippen molar-refractivity contribution in [3.63, 3.8) is 0 Å². The van der Waals surface area contributed by atoms with Gasteiger partial charge in [0.25, 0.3) is 5.91 Å². The van der Waals surface area contributed by atoms with Gasteiger partial charge in [0.05, 0.1) is 24.5 Å². The maximum atomic E-state index is 12.7. The summed E-state index contributed by atoms with van der Waals surface area (Å²) < 4.78 is 1.84. The van der Waals surface area contributed by atoms with Crippen LogP contribution in [0.3, 0.4) is 0 Å². The molecule has 6 N–H and O–H groups in total. The largest absolute Gasteiger partial charge is 0.370 e. The van der Waals surface area contributed by atoms with Gasteiger partial charge in [0.2, 0.25) is 17.8 Å². The van der Waals surface area contributed by atoms with E-state index in [4.69, 9.17) is 11.5 Å². The van der Waals surface area contributed by atoms with Crippen molar-refractivity contribution in [2.45, 2.75) is 84.7 Å². The van der Waals surface area contributed by atoms with E-state index in [9.17, 15) is 9.59 Å². The number of aryl methyl sites for hydroxylation is 1. The first-order chi connectivity index (χ1) is 22.3. The number of nitrogen functional groups attached to an aromatic ring is 2. The zero-order valence-electron chi connectivity index (χ0n) is 27.5. The minimum absolute atomic E-state index is 0.0193. The molecule has 1 aliphatic carbocycles. The van der Waals surface area contributed by atoms with Gasteiger partial charge in [-0.2, -0.15) is 9.97 Å². The number of unbranched alkanes of at least 4 members (excludes halogenated alkanes) is 2. The van der Waals surface area contributed by atoms with Gasteiger partial charge in [-0.3, -0.25) is 9.59 Å². The number of hydrogen-bond acceptors (Lipinski definition) is 10. The van der Waals surface area contributed by atoms with E-state index in [1.807, 2.05) is 39.7 Å². The number of carbonyl (C=O) groups is 2. The lowest BCUT2D eigenvalue weighted by Crippen LogP contribution is -2.42. The van der Waals surface area contributed by atoms with E-state index in [0.717, 1.165) is 105 Å². The SMILES string of the molecule is CCCCNc1nc(N)nc2c1CCN(C(=O)c1cccn1C)C2.CCCCNc1nc(N)nc2c1CN(C(=O)C1CCC1)CC2. The van der Waals surface area contributed by atoms with Gasteiger partial charge in [0.15, 0.2) is 0 Å². The summed E-state index contributed by atoms with van der Waals surface area (Å²) in [4.78, 5) is 46.4. The fraction of sp³-hybridized carbons (Fsp3) is 0.576. The van der Waals surface area contributed by atoms with Crippen LogP contribution in [0.1, 0.15) is 91.8 Å². The summed E-state index contributed by atoms with van der Waals surface area (Å²) in [5.74, 6) is 2.75. The molecule has 0 radical (unpaired) electrons. The Balaban J connectivity index is 0.000000182. The number of hydrogen-bond donors (Lipinski definition) is 4. The Labute approximate surface area is 271 Å². The summed E-state index contributed by atoms with van der Waals surface area (Å²) >= 11 is 0. The van der Waals surface area contributed by atoms with Gasteiger partial charge in [0, 0.05) is 62.9 Å². The summed E-state index contributed by atoms with van der Waals surface area (Å²) in [7, 11) is 1.88. The molecule has 0 aromatic carbocycles. The molecule has 46 heavy (non-hydrogen) atoms. The summed E-state index contributed by atoms with van der Waals surface area (Å²) in [5.41, 5.74) is 16.3. The number of carbonyl (C=O) groups excluding carboxylic acids is 2. The van der Waals surface area contributed by atoms with Crippen molar-refractivity contribution < 1.29 is 9.59 Å². The van der Waals surface area contributed by atoms with Gasteiger partial charge >= 0.3 is 0 Å². The van der Waals surface area contributed by atoms with Crippen LogP contribution in [0.2, 0.25) is 0 Å². The Morgan fingerprint density at radius 2 is 1.48 bits per heavy atom. The normalized spacial score (nSPS) is 15.6. The monoisotopic (exact) mass is 631 g/mol. The second kappa shape index (κ2) is 15.2. The molecule has 6 rings (SSSR count). The van der Waals surface area contributed by atoms with E-state index in [2.05, 4.69) is 44.4 Å². The Morgan fingerprint density at radius 1 is 0.848 bits per heavy atom. The van der Waals surface area contributed by atoms with Crippen molar-refractivity contribution in [2.75, 3.05) is 48.3 Å². The summed E-state index contributed by atoms with van der Waals surface area (Å²) in [5, 5.41) is 6.72. The predicted octanol–water partition coefficient (Wildman–Crippen LogP) is 3.76. The molecule has 0 atom stereocenters. The molecule has 3 aromatic heterocycles. The van der Waals surface area contributed by atoms with Crippen LogP contribution < -0.4 is 22.1 Å². The Kier molecular flexibility index (Phi) is 10.9. The molecular formula is C33H49N11O2. The Morgan fingerprint density at radius 3 is 2.07 bits per heavy atom. The molecule has 0 bridgehead atoms. The highest BCUT2D eigenvalue weighted by Crippen LogP contribution is 2.32. The van der Waals surface area contributed by atoms with Crippen molar-refractivity contribution in [2.24, 2.45) is 13.0 Å². The quantitative estimate of drug-likeness (QED) is 0.241. The van der Waals surface area contributed by atoms with Crippen LogP contribution in [0.4, 0.5) is 23.5 Å². The molecule has 248 valence electrons. The van der Waals surface area contributed by atoms with E-state index >= 15 is 0 Å². The maximum absolute atomic E-state index is 12.7. The minimum Gasteiger partial charge on any atom is -0.370 e. The van der Waals surface area contributed by atoms with Crippen molar-refractivity contribution in [1.29, 1.82) is 0 Å². The number of fused-ring (bicyclic) bond motifs is 2. The number of nitrogens with two attached hydrogens (primary N) is 2. The number of amides is 2. The van der Waals surface area contributed by atoms with Crippen molar-refractivity contribution in [1.82, 2.24) is 34.3 Å². The number of nitrogens with one attached hydrogen (secondary N) is 2. The van der Waals surface area contributed by atoms with Crippen LogP contribution in [-0.4, -0.2) is 72.3 Å². The smallest absolute Gasteiger partial charge is 0.270 e. The van der Waals surface area contributed by atoms with Crippen LogP contribution in [0.15, 0.2) is 18.3 Å². The predicted molar refractivity (Wildman–Crippen MR) is 180 cm³/mol. The van der Waals surface area contributed by atoms with Gasteiger partial charge < -0.3 is 36.5 Å². The highest BCUT2D eigenvalue weighted by molar-refractivity contribution is 5.93. The third-order valence-corrected chi connectivity index (χ3v) is 9.02. The van der Waals surface area contributed by atoms with Crippen LogP contribution >= 0.6 is 0 Å². The van der Waals surface area contributed by atoms with Crippen molar-refractivity contribution >= 4 is 35.3 Å². The van der Waals surface area contributed by atoms with E-state index in [1.54, 1.807) is 0 Å². The summed E-state index contributed by atoms with van der Waals surface area (Å²) in [6.45, 7) is 8.53. The van der Waals surface area contributed by atoms with Gasteiger partial charge in [-0.15, -0.1) is 0 Å². The van der Waals surface area contributed by atoms with Gasteiger partial charge in [-0.25, -0.2) is 9.97 Å². The molecule has 0 saturated heterocycles. The lowest BCUT2D eigenvalue weighted by atomic mass is 9.84. The zero-order chi connectivity index (χ0) is 32.6. The lowest BCUT2D eigenvalue weighted by Gasteiger charge is -2.35. The molecule has 13 nitrogen and oxygen atoms in total. The number of aromatic nitrogens is 5. The first-order valence-electron chi connectivity index (χ1n) is 16.8. The van der Waals surface area contributed by atoms with E-state index in [1.165, 1.54) is 6.42 Å². The molecule has 0 unspecified atom stereocenters. The molecule has 3 aliphatic rings. The molecule has 5 heterocycles. The second-order valence-corrected chi connectivity index (χ2v) is 12.4. The van der Waals surface area contributed by atoms with Crippen molar-refractivity contribution in [3.05, 3.63) is 46.5 Å². The standard InChI is InChI=1S/C17H24N6O.C16H25N5O/c1-3-4-8-19-15-12-7-10-23(11-13(12)20-17(18)21-15)16(24)14-6-5-9-22(14)2;1-2-3-8-18-14-12-10-21(15(22)11-5-4-6-11)9-7-13(12)19-16(17)20-14/h5-6,9H,3-4,7-8,10-11H2,1-2H3,(H3,18,19,20,21);11H,2-10H2,1H3,(H3,17,18,19,20). The molecule has 2 aliphatic heterocycles. The molecule has 2 amide bonds. The highest BCUT2D eigenvalue weighted by Gasteiger charge is 2.32. The van der Waals surface area contributed by atoms with Crippen LogP contribution in [0.5, 0.6) is 0 Å². The summed E-state index contributed by atoms with van der Waals surface area (Å²) in [6.07, 6.45) is 11.1. The Hall–Kier alpha value is -4.42. The van der Waals surface area contributed by atoms with Crippen molar-refractivity contribution in [3.8, 4) is 0 Å². The van der Waals surface area contributed by atoms with Crippen LogP contribution in [0.25, 0.3) is 0 Å². The fourth-order valence-electron chi connectivity index (χ4n) is 6.06. The third-order valence-electron chi connectivity index (χ3n) is 9.02. The highest BCUT2D eigenvalue weighted by atomic mass is 16.2. The summed E-state index contributed by atoms with van der Waals surface area (Å²) in [6, 6.07) is 3.71. The topological polar surface area (TPSA) is 173 Å². The molecule has 13 heteroatoms. The third kappa shape index (κ3) is 7.68. The first kappa shape index (κ1) is 33.0. The fourth-order valence-corrected chi connectivity index (χ4v) is 6.06. The number of rotatable bonds is 10.